The van der Waals surface area contributed by atoms with Crippen molar-refractivity contribution < 1.29 is 18.3 Å². The van der Waals surface area contributed by atoms with Crippen molar-refractivity contribution in [3.05, 3.63) is 52.0 Å². The van der Waals surface area contributed by atoms with Gasteiger partial charge < -0.3 is 10.4 Å². The lowest BCUT2D eigenvalue weighted by Gasteiger charge is -2.10. The van der Waals surface area contributed by atoms with Crippen LogP contribution in [0.4, 0.5) is 5.69 Å². The first-order chi connectivity index (χ1) is 11.2. The maximum atomic E-state index is 12.1. The van der Waals surface area contributed by atoms with E-state index in [2.05, 4.69) is 5.32 Å². The molecule has 2 rings (SSSR count). The number of rotatable bonds is 5. The molecule has 2 aromatic rings. The summed E-state index contributed by atoms with van der Waals surface area (Å²) in [6.45, 7) is 1.52. The van der Waals surface area contributed by atoms with E-state index in [0.717, 1.165) is 0 Å². The van der Waals surface area contributed by atoms with Crippen molar-refractivity contribution in [3.8, 4) is 5.75 Å². The van der Waals surface area contributed by atoms with Gasteiger partial charge in [-0.1, -0.05) is 36.2 Å². The first-order valence-corrected chi connectivity index (χ1v) is 9.43. The Labute approximate surface area is 150 Å². The zero-order valence-electron chi connectivity index (χ0n) is 12.7. The molecule has 0 radical (unpaired) electrons. The quantitative estimate of drug-likeness (QED) is 0.766. The van der Waals surface area contributed by atoms with E-state index in [4.69, 9.17) is 23.2 Å². The van der Waals surface area contributed by atoms with Gasteiger partial charge in [0.25, 0.3) is 0 Å². The van der Waals surface area contributed by atoms with Gasteiger partial charge in [-0.2, -0.15) is 0 Å². The van der Waals surface area contributed by atoms with Gasteiger partial charge in [0.2, 0.25) is 5.91 Å². The van der Waals surface area contributed by atoms with Gasteiger partial charge in [-0.05, 0) is 35.9 Å². The Morgan fingerprint density at radius 2 is 1.83 bits per heavy atom. The Hall–Kier alpha value is -1.76. The van der Waals surface area contributed by atoms with Crippen molar-refractivity contribution in [1.29, 1.82) is 0 Å². The zero-order valence-corrected chi connectivity index (χ0v) is 15.0. The molecule has 0 saturated carbocycles. The van der Waals surface area contributed by atoms with Crippen molar-refractivity contribution in [1.82, 2.24) is 0 Å². The molecule has 0 spiro atoms. The number of carbonyl (C=O) groups is 1. The Bertz CT molecular complexity index is 882. The fourth-order valence-corrected chi connectivity index (χ4v) is 3.23. The minimum Gasteiger partial charge on any atom is -0.506 e. The SMILES string of the molecule is CCS(=O)(=O)c1ccc(O)c(NC(=O)Cc2ccc(Cl)c(Cl)c2)c1. The molecule has 0 aliphatic heterocycles. The molecule has 5 nitrogen and oxygen atoms in total. The van der Waals surface area contributed by atoms with Crippen molar-refractivity contribution >= 4 is 44.6 Å². The van der Waals surface area contributed by atoms with Crippen LogP contribution in [0.3, 0.4) is 0 Å². The summed E-state index contributed by atoms with van der Waals surface area (Å²) in [5.41, 5.74) is 0.674. The molecule has 0 unspecified atom stereocenters. The van der Waals surface area contributed by atoms with Crippen molar-refractivity contribution in [2.24, 2.45) is 0 Å². The maximum Gasteiger partial charge on any atom is 0.228 e. The highest BCUT2D eigenvalue weighted by Gasteiger charge is 2.15. The molecule has 0 fully saturated rings. The Morgan fingerprint density at radius 3 is 2.46 bits per heavy atom. The summed E-state index contributed by atoms with van der Waals surface area (Å²) in [6, 6.07) is 8.58. The maximum absolute atomic E-state index is 12.1. The summed E-state index contributed by atoms with van der Waals surface area (Å²) in [5, 5.41) is 13.0. The minimum absolute atomic E-state index is 0.00108. The number of carbonyl (C=O) groups excluding carboxylic acids is 1. The van der Waals surface area contributed by atoms with E-state index < -0.39 is 15.7 Å². The van der Waals surface area contributed by atoms with Gasteiger partial charge in [-0.15, -0.1) is 0 Å². The number of sulfone groups is 1. The van der Waals surface area contributed by atoms with Crippen LogP contribution in [0.2, 0.25) is 10.0 Å². The van der Waals surface area contributed by atoms with Gasteiger partial charge in [0.05, 0.1) is 32.8 Å². The zero-order chi connectivity index (χ0) is 17.9. The van der Waals surface area contributed by atoms with E-state index in [1.807, 2.05) is 0 Å². The van der Waals surface area contributed by atoms with Gasteiger partial charge >= 0.3 is 0 Å². The van der Waals surface area contributed by atoms with E-state index in [1.54, 1.807) is 18.2 Å². The van der Waals surface area contributed by atoms with Crippen LogP contribution in [0, 0.1) is 0 Å². The van der Waals surface area contributed by atoms with Crippen molar-refractivity contribution in [2.75, 3.05) is 11.1 Å². The molecule has 0 aliphatic rings. The number of phenolic OH excluding ortho intramolecular Hbond substituents is 1. The molecule has 1 amide bonds. The highest BCUT2D eigenvalue weighted by atomic mass is 35.5. The van der Waals surface area contributed by atoms with Crippen LogP contribution >= 0.6 is 23.2 Å². The number of benzene rings is 2. The van der Waals surface area contributed by atoms with Gasteiger partial charge in [-0.25, -0.2) is 8.42 Å². The largest absolute Gasteiger partial charge is 0.506 e. The number of aromatic hydroxyl groups is 1. The summed E-state index contributed by atoms with van der Waals surface area (Å²) in [6.07, 6.45) is 0.00108. The third-order valence-electron chi connectivity index (χ3n) is 3.33. The molecule has 24 heavy (non-hydrogen) atoms. The van der Waals surface area contributed by atoms with E-state index in [1.165, 1.54) is 25.1 Å². The first kappa shape index (κ1) is 18.6. The standard InChI is InChI=1S/C16H15Cl2NO4S/c1-2-24(22,23)11-4-6-15(20)14(9-11)19-16(21)8-10-3-5-12(17)13(18)7-10/h3-7,9,20H,2,8H2,1H3,(H,19,21). The lowest BCUT2D eigenvalue weighted by molar-refractivity contribution is -0.115. The molecule has 0 aliphatic carbocycles. The fourth-order valence-electron chi connectivity index (χ4n) is 2.00. The fraction of sp³-hybridized carbons (Fsp3) is 0.188. The van der Waals surface area contributed by atoms with Crippen molar-refractivity contribution in [2.45, 2.75) is 18.2 Å². The molecule has 2 aromatic carbocycles. The van der Waals surface area contributed by atoms with Crippen LogP contribution in [-0.4, -0.2) is 25.2 Å². The molecule has 0 atom stereocenters. The summed E-state index contributed by atoms with van der Waals surface area (Å²) in [5.74, 6) is -0.712. The smallest absolute Gasteiger partial charge is 0.228 e. The second kappa shape index (κ2) is 7.42. The summed E-state index contributed by atoms with van der Waals surface area (Å²) < 4.78 is 23.8. The molecule has 0 bridgehead atoms. The van der Waals surface area contributed by atoms with Crippen LogP contribution in [0.15, 0.2) is 41.3 Å². The summed E-state index contributed by atoms with van der Waals surface area (Å²) in [4.78, 5) is 12.1. The lowest BCUT2D eigenvalue weighted by atomic mass is 10.1. The number of phenols is 1. The molecule has 0 heterocycles. The van der Waals surface area contributed by atoms with Crippen LogP contribution in [0.1, 0.15) is 12.5 Å². The summed E-state index contributed by atoms with van der Waals surface area (Å²) in [7, 11) is -3.44. The van der Waals surface area contributed by atoms with E-state index in [0.29, 0.717) is 15.6 Å². The molecule has 0 saturated heterocycles. The highest BCUT2D eigenvalue weighted by molar-refractivity contribution is 7.91. The van der Waals surface area contributed by atoms with Crippen LogP contribution in [-0.2, 0) is 21.1 Å². The third kappa shape index (κ3) is 4.41. The minimum atomic E-state index is -3.44. The summed E-state index contributed by atoms with van der Waals surface area (Å²) >= 11 is 11.7. The first-order valence-electron chi connectivity index (χ1n) is 7.02. The highest BCUT2D eigenvalue weighted by Crippen LogP contribution is 2.27. The number of hydrogen-bond acceptors (Lipinski definition) is 4. The second-order valence-electron chi connectivity index (χ2n) is 5.06. The van der Waals surface area contributed by atoms with Gasteiger partial charge in [0, 0.05) is 0 Å². The van der Waals surface area contributed by atoms with E-state index >= 15 is 0 Å². The number of amides is 1. The number of halogens is 2. The Morgan fingerprint density at radius 1 is 1.12 bits per heavy atom. The van der Waals surface area contributed by atoms with Gasteiger partial charge in [0.1, 0.15) is 5.75 Å². The molecule has 0 aromatic heterocycles. The molecular formula is C16H15Cl2NO4S. The predicted molar refractivity (Wildman–Crippen MR) is 94.6 cm³/mol. The molecule has 128 valence electrons. The average Bonchev–Trinajstić information content (AvgIpc) is 2.53. The monoisotopic (exact) mass is 387 g/mol. The van der Waals surface area contributed by atoms with Crippen molar-refractivity contribution in [3.63, 3.8) is 0 Å². The normalized spacial score (nSPS) is 11.3. The van der Waals surface area contributed by atoms with Gasteiger partial charge in [0.15, 0.2) is 9.84 Å². The van der Waals surface area contributed by atoms with Crippen LogP contribution in [0.5, 0.6) is 5.75 Å². The van der Waals surface area contributed by atoms with E-state index in [9.17, 15) is 18.3 Å². The Kier molecular flexibility index (Phi) is 5.74. The Balaban J connectivity index is 2.19. The van der Waals surface area contributed by atoms with Crippen LogP contribution in [0.25, 0.3) is 0 Å². The average molecular weight is 388 g/mol. The molecule has 8 heteroatoms. The molecule has 2 N–H and O–H groups in total. The third-order valence-corrected chi connectivity index (χ3v) is 5.80. The number of anilines is 1. The molecular weight excluding hydrogens is 373 g/mol. The van der Waals surface area contributed by atoms with E-state index in [-0.39, 0.29) is 28.5 Å². The predicted octanol–water partition coefficient (Wildman–Crippen LogP) is 3.67. The number of hydrogen-bond donors (Lipinski definition) is 2. The lowest BCUT2D eigenvalue weighted by Crippen LogP contribution is -2.15. The van der Waals surface area contributed by atoms with Gasteiger partial charge in [-0.3, -0.25) is 4.79 Å². The topological polar surface area (TPSA) is 83.5 Å². The van der Waals surface area contributed by atoms with Crippen LogP contribution < -0.4 is 5.32 Å². The second-order valence-corrected chi connectivity index (χ2v) is 8.15. The number of nitrogens with one attached hydrogen (secondary N) is 1.